The highest BCUT2D eigenvalue weighted by Crippen LogP contribution is 2.16. The van der Waals surface area contributed by atoms with Crippen LogP contribution in [0, 0.1) is 0 Å². The van der Waals surface area contributed by atoms with Crippen LogP contribution in [-0.2, 0) is 22.5 Å². The van der Waals surface area contributed by atoms with E-state index in [9.17, 15) is 4.79 Å². The topological polar surface area (TPSA) is 74.8 Å². The summed E-state index contributed by atoms with van der Waals surface area (Å²) < 4.78 is 5.45. The van der Waals surface area contributed by atoms with E-state index in [1.54, 1.807) is 7.05 Å². The number of guanidine groups is 1. The second-order valence-corrected chi connectivity index (χ2v) is 7.69. The van der Waals surface area contributed by atoms with Gasteiger partial charge in [0.15, 0.2) is 5.96 Å². The Labute approximate surface area is 202 Å². The summed E-state index contributed by atoms with van der Waals surface area (Å²) in [6.07, 6.45) is 3.45. The molecule has 7 heteroatoms. The summed E-state index contributed by atoms with van der Waals surface area (Å²) in [6.45, 7) is 3.45. The largest absolute Gasteiger partial charge is 0.368 e. The summed E-state index contributed by atoms with van der Waals surface area (Å²) in [7, 11) is 1.78. The number of benzene rings is 2. The summed E-state index contributed by atoms with van der Waals surface area (Å²) >= 11 is 0. The Kier molecular flexibility index (Phi) is 10.8. The lowest BCUT2D eigenvalue weighted by molar-refractivity contribution is -0.124. The Hall–Kier alpha value is -2.13. The molecule has 0 bridgehead atoms. The number of amides is 1. The third kappa shape index (κ3) is 8.49. The monoisotopic (exact) mass is 536 g/mol. The van der Waals surface area contributed by atoms with E-state index >= 15 is 0 Å². The molecular weight excluding hydrogens is 503 g/mol. The number of aryl methyl sites for hydroxylation is 1. The number of hydrogen-bond donors (Lipinski definition) is 3. The maximum atomic E-state index is 12.2. The van der Waals surface area contributed by atoms with E-state index in [1.807, 2.05) is 30.3 Å². The molecule has 2 aromatic carbocycles. The number of aliphatic imine (C=N–C) groups is 1. The first-order valence-electron chi connectivity index (χ1n) is 10.7. The highest BCUT2D eigenvalue weighted by Gasteiger charge is 2.23. The van der Waals surface area contributed by atoms with E-state index in [1.165, 1.54) is 5.56 Å². The van der Waals surface area contributed by atoms with E-state index in [2.05, 4.69) is 52.1 Å². The maximum absolute atomic E-state index is 12.2. The van der Waals surface area contributed by atoms with Gasteiger partial charge in [-0.3, -0.25) is 9.79 Å². The molecule has 3 rings (SSSR count). The van der Waals surface area contributed by atoms with Crippen LogP contribution in [0.1, 0.15) is 37.3 Å². The van der Waals surface area contributed by atoms with Crippen LogP contribution < -0.4 is 16.0 Å². The number of nitrogens with one attached hydrogen (secondary N) is 3. The minimum absolute atomic E-state index is 0. The molecule has 1 aliphatic rings. The van der Waals surface area contributed by atoms with Gasteiger partial charge in [0.2, 0.25) is 0 Å². The number of nitrogens with zero attached hydrogens (tertiary/aromatic N) is 1. The van der Waals surface area contributed by atoms with Crippen molar-refractivity contribution in [2.24, 2.45) is 4.99 Å². The van der Waals surface area contributed by atoms with Crippen molar-refractivity contribution in [2.75, 3.05) is 19.0 Å². The van der Waals surface area contributed by atoms with Gasteiger partial charge in [0.1, 0.15) is 6.10 Å². The summed E-state index contributed by atoms with van der Waals surface area (Å²) in [6, 6.07) is 18.7. The summed E-state index contributed by atoms with van der Waals surface area (Å²) in [5, 5.41) is 9.75. The van der Waals surface area contributed by atoms with Crippen LogP contribution in [0.25, 0.3) is 0 Å². The first kappa shape index (κ1) is 25.1. The Morgan fingerprint density at radius 3 is 2.65 bits per heavy atom. The molecule has 0 saturated carbocycles. The zero-order chi connectivity index (χ0) is 21.2. The molecule has 1 saturated heterocycles. The van der Waals surface area contributed by atoms with Crippen molar-refractivity contribution in [1.82, 2.24) is 10.6 Å². The van der Waals surface area contributed by atoms with E-state index < -0.39 is 0 Å². The molecule has 0 aromatic heterocycles. The molecule has 2 aromatic rings. The zero-order valence-electron chi connectivity index (χ0n) is 18.3. The summed E-state index contributed by atoms with van der Waals surface area (Å²) in [4.78, 5) is 16.6. The molecule has 6 nitrogen and oxygen atoms in total. The minimum Gasteiger partial charge on any atom is -0.368 e. The summed E-state index contributed by atoms with van der Waals surface area (Å²) in [5.74, 6) is 0.701. The molecule has 1 aliphatic heterocycles. The SMILES string of the molecule is CN=C(NCc1cccc(NC(=O)C2CCCO2)c1)NC(C)CCc1ccccc1.I. The van der Waals surface area contributed by atoms with Crippen molar-refractivity contribution >= 4 is 41.5 Å². The first-order valence-corrected chi connectivity index (χ1v) is 10.7. The van der Waals surface area contributed by atoms with Gasteiger partial charge in [-0.25, -0.2) is 0 Å². The molecule has 0 radical (unpaired) electrons. The Balaban J connectivity index is 0.00000341. The molecule has 1 heterocycles. The van der Waals surface area contributed by atoms with Gasteiger partial charge in [-0.05, 0) is 55.9 Å². The molecule has 2 atom stereocenters. The van der Waals surface area contributed by atoms with Crippen molar-refractivity contribution < 1.29 is 9.53 Å². The van der Waals surface area contributed by atoms with E-state index in [0.717, 1.165) is 42.9 Å². The Bertz CT molecular complexity index is 838. The highest BCUT2D eigenvalue weighted by atomic mass is 127. The smallest absolute Gasteiger partial charge is 0.253 e. The molecule has 0 aliphatic carbocycles. The van der Waals surface area contributed by atoms with Gasteiger partial charge in [-0.1, -0.05) is 42.5 Å². The van der Waals surface area contributed by atoms with Crippen molar-refractivity contribution in [2.45, 2.75) is 51.3 Å². The molecule has 168 valence electrons. The number of halogens is 1. The van der Waals surface area contributed by atoms with Gasteiger partial charge >= 0.3 is 0 Å². The minimum atomic E-state index is -0.327. The third-order valence-electron chi connectivity index (χ3n) is 5.19. The first-order chi connectivity index (χ1) is 14.6. The van der Waals surface area contributed by atoms with Gasteiger partial charge in [0.05, 0.1) is 0 Å². The van der Waals surface area contributed by atoms with Crippen molar-refractivity contribution in [1.29, 1.82) is 0 Å². The predicted molar refractivity (Wildman–Crippen MR) is 137 cm³/mol. The fourth-order valence-electron chi connectivity index (χ4n) is 3.48. The molecule has 0 spiro atoms. The van der Waals surface area contributed by atoms with Crippen LogP contribution in [0.15, 0.2) is 59.6 Å². The maximum Gasteiger partial charge on any atom is 0.253 e. The predicted octanol–water partition coefficient (Wildman–Crippen LogP) is 4.11. The third-order valence-corrected chi connectivity index (χ3v) is 5.19. The van der Waals surface area contributed by atoms with E-state index in [0.29, 0.717) is 19.2 Å². The van der Waals surface area contributed by atoms with Gasteiger partial charge < -0.3 is 20.7 Å². The van der Waals surface area contributed by atoms with Crippen LogP contribution >= 0.6 is 24.0 Å². The fraction of sp³-hybridized carbons (Fsp3) is 0.417. The molecule has 31 heavy (non-hydrogen) atoms. The number of anilines is 1. The van der Waals surface area contributed by atoms with Gasteiger partial charge in [-0.15, -0.1) is 24.0 Å². The van der Waals surface area contributed by atoms with Crippen LogP contribution in [0.3, 0.4) is 0 Å². The molecular formula is C24H33IN4O2. The lowest BCUT2D eigenvalue weighted by Crippen LogP contribution is -2.42. The second-order valence-electron chi connectivity index (χ2n) is 7.69. The summed E-state index contributed by atoms with van der Waals surface area (Å²) in [5.41, 5.74) is 3.20. The lowest BCUT2D eigenvalue weighted by Gasteiger charge is -2.18. The highest BCUT2D eigenvalue weighted by molar-refractivity contribution is 14.0. The fourth-order valence-corrected chi connectivity index (χ4v) is 3.48. The molecule has 1 amide bonds. The normalized spacial score (nSPS) is 16.8. The van der Waals surface area contributed by atoms with Crippen LogP contribution in [-0.4, -0.2) is 37.7 Å². The van der Waals surface area contributed by atoms with E-state index in [-0.39, 0.29) is 36.0 Å². The Morgan fingerprint density at radius 2 is 1.94 bits per heavy atom. The van der Waals surface area contributed by atoms with Crippen molar-refractivity contribution in [3.63, 3.8) is 0 Å². The number of carbonyl (C=O) groups is 1. The van der Waals surface area contributed by atoms with Gasteiger partial charge in [0, 0.05) is 31.9 Å². The lowest BCUT2D eigenvalue weighted by atomic mass is 10.1. The van der Waals surface area contributed by atoms with Crippen LogP contribution in [0.2, 0.25) is 0 Å². The van der Waals surface area contributed by atoms with Crippen molar-refractivity contribution in [3.05, 3.63) is 65.7 Å². The van der Waals surface area contributed by atoms with Gasteiger partial charge in [0.25, 0.3) is 5.91 Å². The number of carbonyl (C=O) groups excluding carboxylic acids is 1. The quantitative estimate of drug-likeness (QED) is 0.270. The van der Waals surface area contributed by atoms with Crippen LogP contribution in [0.4, 0.5) is 5.69 Å². The van der Waals surface area contributed by atoms with Crippen LogP contribution in [0.5, 0.6) is 0 Å². The molecule has 3 N–H and O–H groups in total. The number of hydrogen-bond acceptors (Lipinski definition) is 3. The van der Waals surface area contributed by atoms with Crippen molar-refractivity contribution in [3.8, 4) is 0 Å². The average Bonchev–Trinajstić information content (AvgIpc) is 3.31. The zero-order valence-corrected chi connectivity index (χ0v) is 20.6. The number of ether oxygens (including phenoxy) is 1. The number of rotatable bonds is 8. The Morgan fingerprint density at radius 1 is 1.16 bits per heavy atom. The molecule has 2 unspecified atom stereocenters. The molecule has 1 fully saturated rings. The average molecular weight is 536 g/mol. The van der Waals surface area contributed by atoms with E-state index in [4.69, 9.17) is 4.74 Å². The second kappa shape index (κ2) is 13.3. The van der Waals surface area contributed by atoms with Gasteiger partial charge in [-0.2, -0.15) is 0 Å². The standard InChI is InChI=1S/C24H32N4O2.HI/c1-18(13-14-19-8-4-3-5-9-19)27-24(25-2)26-17-20-10-6-11-21(16-20)28-23(29)22-12-7-15-30-22;/h3-6,8-11,16,18,22H,7,12-15,17H2,1-2H3,(H,28,29)(H2,25,26,27);1H.